The molecule has 2 aromatic rings. The average Bonchev–Trinajstić information content (AvgIpc) is 2.93. The molecule has 0 spiro atoms. The number of hydrogen-bond acceptors (Lipinski definition) is 3. The molecule has 0 saturated carbocycles. The number of aryl methyl sites for hydroxylation is 2. The molecular formula is C16H18O3. The highest BCUT2D eigenvalue weighted by molar-refractivity contribution is 5.37. The number of rotatable bonds is 4. The SMILES string of the molecule is OCc1ccc(COc2ccc3c(c2)CCCC3)o1. The van der Waals surface area contributed by atoms with Gasteiger partial charge in [-0.05, 0) is 61.1 Å². The first-order valence-electron chi connectivity index (χ1n) is 6.78. The molecule has 0 unspecified atom stereocenters. The minimum Gasteiger partial charge on any atom is -0.486 e. The molecule has 0 bridgehead atoms. The van der Waals surface area contributed by atoms with Gasteiger partial charge in [-0.25, -0.2) is 0 Å². The lowest BCUT2D eigenvalue weighted by Gasteiger charge is -2.16. The molecule has 1 aliphatic carbocycles. The zero-order valence-electron chi connectivity index (χ0n) is 10.9. The Morgan fingerprint density at radius 1 is 1.00 bits per heavy atom. The van der Waals surface area contributed by atoms with E-state index < -0.39 is 0 Å². The number of ether oxygens (including phenoxy) is 1. The van der Waals surface area contributed by atoms with E-state index in [1.54, 1.807) is 6.07 Å². The number of aliphatic hydroxyl groups is 1. The predicted molar refractivity (Wildman–Crippen MR) is 72.0 cm³/mol. The quantitative estimate of drug-likeness (QED) is 0.915. The van der Waals surface area contributed by atoms with Crippen molar-refractivity contribution in [3.63, 3.8) is 0 Å². The van der Waals surface area contributed by atoms with E-state index in [9.17, 15) is 0 Å². The summed E-state index contributed by atoms with van der Waals surface area (Å²) in [5, 5.41) is 8.93. The lowest BCUT2D eigenvalue weighted by molar-refractivity contribution is 0.224. The molecule has 0 saturated heterocycles. The van der Waals surface area contributed by atoms with Crippen molar-refractivity contribution in [2.45, 2.75) is 38.9 Å². The molecule has 0 amide bonds. The van der Waals surface area contributed by atoms with E-state index in [1.165, 1.54) is 30.4 Å². The molecule has 100 valence electrons. The van der Waals surface area contributed by atoms with Crippen molar-refractivity contribution in [3.8, 4) is 5.75 Å². The van der Waals surface area contributed by atoms with Crippen molar-refractivity contribution in [1.82, 2.24) is 0 Å². The third kappa shape index (κ3) is 2.82. The zero-order chi connectivity index (χ0) is 13.1. The van der Waals surface area contributed by atoms with Crippen molar-refractivity contribution in [2.75, 3.05) is 0 Å². The van der Waals surface area contributed by atoms with Gasteiger partial charge in [0.2, 0.25) is 0 Å². The summed E-state index contributed by atoms with van der Waals surface area (Å²) in [6, 6.07) is 9.95. The maximum atomic E-state index is 8.93. The summed E-state index contributed by atoms with van der Waals surface area (Å²) in [4.78, 5) is 0. The van der Waals surface area contributed by atoms with Gasteiger partial charge in [-0.2, -0.15) is 0 Å². The highest BCUT2D eigenvalue weighted by atomic mass is 16.5. The van der Waals surface area contributed by atoms with Gasteiger partial charge in [-0.3, -0.25) is 0 Å². The Balaban J connectivity index is 1.66. The first kappa shape index (κ1) is 12.3. The molecule has 0 fully saturated rings. The third-order valence-electron chi connectivity index (χ3n) is 3.57. The van der Waals surface area contributed by atoms with E-state index in [0.717, 1.165) is 17.9 Å². The Bertz CT molecular complexity index is 557. The van der Waals surface area contributed by atoms with Gasteiger partial charge in [0.05, 0.1) is 0 Å². The smallest absolute Gasteiger partial charge is 0.146 e. The van der Waals surface area contributed by atoms with Gasteiger partial charge in [-0.1, -0.05) is 6.07 Å². The van der Waals surface area contributed by atoms with Crippen LogP contribution in [0.4, 0.5) is 0 Å². The van der Waals surface area contributed by atoms with E-state index in [1.807, 2.05) is 12.1 Å². The number of furan rings is 1. The predicted octanol–water partition coefficient (Wildman–Crippen LogP) is 3.23. The van der Waals surface area contributed by atoms with E-state index in [-0.39, 0.29) is 6.61 Å². The van der Waals surface area contributed by atoms with Crippen LogP contribution in [0.3, 0.4) is 0 Å². The van der Waals surface area contributed by atoms with Gasteiger partial charge in [0.1, 0.15) is 30.5 Å². The number of hydrogen-bond donors (Lipinski definition) is 1. The molecule has 1 aliphatic rings. The van der Waals surface area contributed by atoms with E-state index in [0.29, 0.717) is 12.4 Å². The van der Waals surface area contributed by atoms with E-state index in [2.05, 4.69) is 12.1 Å². The van der Waals surface area contributed by atoms with Crippen molar-refractivity contribution in [3.05, 3.63) is 53.0 Å². The summed E-state index contributed by atoms with van der Waals surface area (Å²) in [7, 11) is 0. The van der Waals surface area contributed by atoms with Crippen molar-refractivity contribution >= 4 is 0 Å². The minimum absolute atomic E-state index is 0.0706. The first-order valence-corrected chi connectivity index (χ1v) is 6.78. The van der Waals surface area contributed by atoms with Crippen LogP contribution < -0.4 is 4.74 Å². The molecule has 0 atom stereocenters. The molecule has 3 heteroatoms. The van der Waals surface area contributed by atoms with Crippen LogP contribution in [0.2, 0.25) is 0 Å². The summed E-state index contributed by atoms with van der Waals surface area (Å²) in [6.45, 7) is 0.331. The lowest BCUT2D eigenvalue weighted by Crippen LogP contribution is -2.03. The van der Waals surface area contributed by atoms with Gasteiger partial charge >= 0.3 is 0 Å². The Labute approximate surface area is 112 Å². The first-order chi connectivity index (χ1) is 9.35. The summed E-state index contributed by atoms with van der Waals surface area (Å²) >= 11 is 0. The second kappa shape index (κ2) is 5.49. The highest BCUT2D eigenvalue weighted by Gasteiger charge is 2.10. The van der Waals surface area contributed by atoms with Gasteiger partial charge in [0, 0.05) is 0 Å². The third-order valence-corrected chi connectivity index (χ3v) is 3.57. The largest absolute Gasteiger partial charge is 0.486 e. The molecule has 19 heavy (non-hydrogen) atoms. The molecule has 3 rings (SSSR count). The maximum absolute atomic E-state index is 8.93. The fourth-order valence-corrected chi connectivity index (χ4v) is 2.54. The van der Waals surface area contributed by atoms with Crippen LogP contribution in [0.5, 0.6) is 5.75 Å². The van der Waals surface area contributed by atoms with Crippen LogP contribution >= 0.6 is 0 Å². The number of aliphatic hydroxyl groups excluding tert-OH is 1. The molecule has 0 aliphatic heterocycles. The van der Waals surface area contributed by atoms with Crippen LogP contribution in [-0.4, -0.2) is 5.11 Å². The molecule has 1 N–H and O–H groups in total. The zero-order valence-corrected chi connectivity index (χ0v) is 10.9. The topological polar surface area (TPSA) is 42.6 Å². The Morgan fingerprint density at radius 3 is 2.58 bits per heavy atom. The monoisotopic (exact) mass is 258 g/mol. The van der Waals surface area contributed by atoms with Crippen LogP contribution in [0, 0.1) is 0 Å². The Morgan fingerprint density at radius 2 is 1.79 bits per heavy atom. The van der Waals surface area contributed by atoms with Gasteiger partial charge in [-0.15, -0.1) is 0 Å². The van der Waals surface area contributed by atoms with Crippen LogP contribution in [0.25, 0.3) is 0 Å². The van der Waals surface area contributed by atoms with Crippen LogP contribution in [0.1, 0.15) is 35.5 Å². The normalized spacial score (nSPS) is 14.2. The maximum Gasteiger partial charge on any atom is 0.146 e. The van der Waals surface area contributed by atoms with E-state index >= 15 is 0 Å². The standard InChI is InChI=1S/C16H18O3/c17-10-15-7-8-16(19-15)11-18-14-6-5-12-3-1-2-4-13(12)9-14/h5-9,17H,1-4,10-11H2. The van der Waals surface area contributed by atoms with Gasteiger partial charge in [0.15, 0.2) is 0 Å². The summed E-state index contributed by atoms with van der Waals surface area (Å²) in [5.74, 6) is 2.20. The fraction of sp³-hybridized carbons (Fsp3) is 0.375. The van der Waals surface area contributed by atoms with Crippen LogP contribution in [-0.2, 0) is 26.1 Å². The minimum atomic E-state index is -0.0706. The highest BCUT2D eigenvalue weighted by Crippen LogP contribution is 2.25. The van der Waals surface area contributed by atoms with Crippen LogP contribution in [0.15, 0.2) is 34.7 Å². The molecule has 1 heterocycles. The van der Waals surface area contributed by atoms with Crippen molar-refractivity contribution in [1.29, 1.82) is 0 Å². The van der Waals surface area contributed by atoms with Gasteiger partial charge in [0.25, 0.3) is 0 Å². The summed E-state index contributed by atoms with van der Waals surface area (Å²) < 4.78 is 11.1. The fourth-order valence-electron chi connectivity index (χ4n) is 2.54. The summed E-state index contributed by atoms with van der Waals surface area (Å²) in [6.07, 6.45) is 4.91. The second-order valence-corrected chi connectivity index (χ2v) is 4.95. The Kier molecular flexibility index (Phi) is 3.56. The average molecular weight is 258 g/mol. The Hall–Kier alpha value is -1.74. The number of benzene rings is 1. The van der Waals surface area contributed by atoms with Crippen molar-refractivity contribution in [2.24, 2.45) is 0 Å². The molecule has 1 aromatic carbocycles. The van der Waals surface area contributed by atoms with Gasteiger partial charge < -0.3 is 14.3 Å². The molecular weight excluding hydrogens is 240 g/mol. The van der Waals surface area contributed by atoms with E-state index in [4.69, 9.17) is 14.3 Å². The molecule has 1 aromatic heterocycles. The lowest BCUT2D eigenvalue weighted by atomic mass is 9.92. The molecule has 0 radical (unpaired) electrons. The van der Waals surface area contributed by atoms with Crippen molar-refractivity contribution < 1.29 is 14.3 Å². The summed E-state index contributed by atoms with van der Waals surface area (Å²) in [5.41, 5.74) is 2.87. The molecule has 3 nitrogen and oxygen atoms in total. The second-order valence-electron chi connectivity index (χ2n) is 4.95. The number of fused-ring (bicyclic) bond motifs is 1.